The lowest BCUT2D eigenvalue weighted by Crippen LogP contribution is -2.47. The number of ketones is 1. The van der Waals surface area contributed by atoms with E-state index in [9.17, 15) is 13.6 Å². The molecule has 3 aromatic rings. The number of carbonyl (C=O) groups excluding carboxylic acids is 1. The van der Waals surface area contributed by atoms with E-state index in [0.717, 1.165) is 62.4 Å². The highest BCUT2D eigenvalue weighted by molar-refractivity contribution is 5.95. The first-order chi connectivity index (χ1) is 17.1. The van der Waals surface area contributed by atoms with Gasteiger partial charge in [-0.05, 0) is 48.4 Å². The molecule has 3 aromatic carbocycles. The molecule has 200 valence electrons. The first kappa shape index (κ1) is 30.9. The highest BCUT2D eigenvalue weighted by Crippen LogP contribution is 2.26. The van der Waals surface area contributed by atoms with Crippen molar-refractivity contribution in [1.82, 2.24) is 9.80 Å². The summed E-state index contributed by atoms with van der Waals surface area (Å²) >= 11 is 0. The van der Waals surface area contributed by atoms with E-state index in [1.807, 2.05) is 30.3 Å². The molecular weight excluding hydrogens is 517 g/mol. The Morgan fingerprint density at radius 1 is 0.730 bits per heavy atom. The van der Waals surface area contributed by atoms with Crippen LogP contribution in [0.2, 0.25) is 0 Å². The Hall–Kier alpha value is -2.35. The Labute approximate surface area is 230 Å². The standard InChI is InChI=1S/C29H32F2N2O2.2ClH/c30-26-12-8-24(9-13-26)29(25-10-14-27(31)15-11-25)35-22-21-33-19-17-32(18-20-33)16-4-7-28(34)23-5-2-1-3-6-23;;/h1-3,5-6,8-15,29H,4,7,16-22H2;2*1H. The topological polar surface area (TPSA) is 32.8 Å². The lowest BCUT2D eigenvalue weighted by Gasteiger charge is -2.34. The van der Waals surface area contributed by atoms with Crippen LogP contribution >= 0.6 is 24.8 Å². The zero-order valence-electron chi connectivity index (χ0n) is 20.7. The monoisotopic (exact) mass is 550 g/mol. The number of ether oxygens (including phenoxy) is 1. The second-order valence-electron chi connectivity index (χ2n) is 8.93. The Morgan fingerprint density at radius 2 is 1.22 bits per heavy atom. The van der Waals surface area contributed by atoms with Gasteiger partial charge in [0.15, 0.2) is 5.78 Å². The smallest absolute Gasteiger partial charge is 0.162 e. The van der Waals surface area contributed by atoms with Crippen molar-refractivity contribution in [2.75, 3.05) is 45.9 Å². The quantitative estimate of drug-likeness (QED) is 0.266. The van der Waals surface area contributed by atoms with Gasteiger partial charge in [-0.15, -0.1) is 24.8 Å². The second-order valence-corrected chi connectivity index (χ2v) is 8.93. The molecule has 0 spiro atoms. The molecule has 0 atom stereocenters. The molecule has 0 radical (unpaired) electrons. The Balaban J connectivity index is 0.00000241. The number of Topliss-reactive ketones (excluding diaryl/α,β-unsaturated/α-hetero) is 1. The predicted molar refractivity (Wildman–Crippen MR) is 148 cm³/mol. The van der Waals surface area contributed by atoms with Gasteiger partial charge in [-0.2, -0.15) is 0 Å². The van der Waals surface area contributed by atoms with Crippen LogP contribution < -0.4 is 0 Å². The van der Waals surface area contributed by atoms with E-state index in [1.165, 1.54) is 24.3 Å². The van der Waals surface area contributed by atoms with Crippen molar-refractivity contribution in [2.45, 2.75) is 18.9 Å². The summed E-state index contributed by atoms with van der Waals surface area (Å²) in [5, 5.41) is 0. The molecule has 0 saturated carbocycles. The van der Waals surface area contributed by atoms with E-state index in [1.54, 1.807) is 24.3 Å². The minimum absolute atomic E-state index is 0. The number of halogens is 4. The van der Waals surface area contributed by atoms with Crippen molar-refractivity contribution < 1.29 is 18.3 Å². The molecule has 0 aromatic heterocycles. The van der Waals surface area contributed by atoms with Crippen LogP contribution in [0.4, 0.5) is 8.78 Å². The summed E-state index contributed by atoms with van der Waals surface area (Å²) in [4.78, 5) is 17.1. The van der Waals surface area contributed by atoms with E-state index >= 15 is 0 Å². The molecule has 1 fully saturated rings. The van der Waals surface area contributed by atoms with Crippen molar-refractivity contribution in [3.63, 3.8) is 0 Å². The molecule has 0 unspecified atom stereocenters. The molecular formula is C29H34Cl2F2N2O2. The van der Waals surface area contributed by atoms with E-state index in [4.69, 9.17) is 4.74 Å². The Bertz CT molecular complexity index is 1020. The van der Waals surface area contributed by atoms with Crippen molar-refractivity contribution in [3.8, 4) is 0 Å². The highest BCUT2D eigenvalue weighted by Gasteiger charge is 2.19. The van der Waals surface area contributed by atoms with Crippen molar-refractivity contribution in [2.24, 2.45) is 0 Å². The normalized spacial score (nSPS) is 14.1. The molecule has 0 bridgehead atoms. The molecule has 37 heavy (non-hydrogen) atoms. The van der Waals surface area contributed by atoms with Gasteiger partial charge in [0.1, 0.15) is 17.7 Å². The summed E-state index contributed by atoms with van der Waals surface area (Å²) in [6.07, 6.45) is 1.07. The van der Waals surface area contributed by atoms with E-state index in [-0.39, 0.29) is 48.3 Å². The summed E-state index contributed by atoms with van der Waals surface area (Å²) in [6, 6.07) is 22.0. The second kappa shape index (κ2) is 15.8. The lowest BCUT2D eigenvalue weighted by molar-refractivity contribution is 0.0449. The number of hydrogen-bond acceptors (Lipinski definition) is 4. The van der Waals surface area contributed by atoms with Gasteiger partial charge in [0, 0.05) is 44.7 Å². The van der Waals surface area contributed by atoms with Crippen LogP contribution in [0, 0.1) is 11.6 Å². The maximum atomic E-state index is 13.4. The summed E-state index contributed by atoms with van der Waals surface area (Å²) in [7, 11) is 0. The first-order valence-electron chi connectivity index (χ1n) is 12.2. The SMILES string of the molecule is Cl.Cl.O=C(CCCN1CCN(CCOC(c2ccc(F)cc2)c2ccc(F)cc2)CC1)c1ccccc1. The molecule has 4 nitrogen and oxygen atoms in total. The fourth-order valence-corrected chi connectivity index (χ4v) is 4.43. The zero-order chi connectivity index (χ0) is 24.5. The molecule has 1 aliphatic rings. The molecule has 8 heteroatoms. The maximum absolute atomic E-state index is 13.4. The van der Waals surface area contributed by atoms with Gasteiger partial charge in [0.05, 0.1) is 6.61 Å². The largest absolute Gasteiger partial charge is 0.367 e. The lowest BCUT2D eigenvalue weighted by atomic mass is 10.0. The van der Waals surface area contributed by atoms with Crippen molar-refractivity contribution in [1.29, 1.82) is 0 Å². The maximum Gasteiger partial charge on any atom is 0.162 e. The number of piperazine rings is 1. The van der Waals surface area contributed by atoms with Crippen LogP contribution in [-0.4, -0.2) is 61.5 Å². The van der Waals surface area contributed by atoms with E-state index in [2.05, 4.69) is 9.80 Å². The van der Waals surface area contributed by atoms with Crippen LogP contribution in [0.25, 0.3) is 0 Å². The molecule has 1 heterocycles. The molecule has 0 amide bonds. The summed E-state index contributed by atoms with van der Waals surface area (Å²) in [5.41, 5.74) is 2.47. The van der Waals surface area contributed by atoms with Crippen LogP contribution in [0.5, 0.6) is 0 Å². The average Bonchev–Trinajstić information content (AvgIpc) is 2.89. The molecule has 0 aliphatic carbocycles. The van der Waals surface area contributed by atoms with Crippen molar-refractivity contribution >= 4 is 30.6 Å². The van der Waals surface area contributed by atoms with E-state index in [0.29, 0.717) is 13.0 Å². The van der Waals surface area contributed by atoms with Crippen LogP contribution in [0.15, 0.2) is 78.9 Å². The van der Waals surface area contributed by atoms with Gasteiger partial charge in [-0.25, -0.2) is 8.78 Å². The van der Waals surface area contributed by atoms with Crippen LogP contribution in [-0.2, 0) is 4.74 Å². The molecule has 0 N–H and O–H groups in total. The van der Waals surface area contributed by atoms with Gasteiger partial charge in [0.25, 0.3) is 0 Å². The van der Waals surface area contributed by atoms with Crippen LogP contribution in [0.3, 0.4) is 0 Å². The third-order valence-corrected chi connectivity index (χ3v) is 6.48. The van der Waals surface area contributed by atoms with Crippen molar-refractivity contribution in [3.05, 3.63) is 107 Å². The Morgan fingerprint density at radius 3 is 1.73 bits per heavy atom. The van der Waals surface area contributed by atoms with E-state index < -0.39 is 0 Å². The summed E-state index contributed by atoms with van der Waals surface area (Å²) in [6.45, 7) is 6.09. The summed E-state index contributed by atoms with van der Waals surface area (Å²) in [5.74, 6) is -0.388. The average molecular weight is 552 g/mol. The fraction of sp³-hybridized carbons (Fsp3) is 0.345. The Kier molecular flexibility index (Phi) is 13.2. The number of carbonyl (C=O) groups is 1. The third-order valence-electron chi connectivity index (χ3n) is 6.48. The minimum Gasteiger partial charge on any atom is -0.367 e. The third kappa shape index (κ3) is 9.47. The first-order valence-corrected chi connectivity index (χ1v) is 12.2. The highest BCUT2D eigenvalue weighted by atomic mass is 35.5. The number of nitrogens with zero attached hydrogens (tertiary/aromatic N) is 2. The fourth-order valence-electron chi connectivity index (χ4n) is 4.43. The number of rotatable bonds is 11. The predicted octanol–water partition coefficient (Wildman–Crippen LogP) is 6.20. The van der Waals surface area contributed by atoms with Crippen LogP contribution in [0.1, 0.15) is 40.4 Å². The zero-order valence-corrected chi connectivity index (χ0v) is 22.4. The molecule has 1 aliphatic heterocycles. The number of benzene rings is 3. The van der Waals surface area contributed by atoms with Gasteiger partial charge in [-0.1, -0.05) is 54.6 Å². The van der Waals surface area contributed by atoms with Gasteiger partial charge >= 0.3 is 0 Å². The molecule has 4 rings (SSSR count). The summed E-state index contributed by atoms with van der Waals surface area (Å²) < 4.78 is 33.0. The number of hydrogen-bond donors (Lipinski definition) is 0. The molecule has 1 saturated heterocycles. The minimum atomic E-state index is -0.375. The van der Waals surface area contributed by atoms with Gasteiger partial charge in [-0.3, -0.25) is 9.69 Å². The van der Waals surface area contributed by atoms with Gasteiger partial charge in [0.2, 0.25) is 0 Å². The van der Waals surface area contributed by atoms with Gasteiger partial charge < -0.3 is 9.64 Å².